The van der Waals surface area contributed by atoms with Gasteiger partial charge in [-0.25, -0.2) is 4.98 Å². The molecular formula is C12H13BrN2OS2. The second-order valence-electron chi connectivity index (χ2n) is 4.87. The number of anilines is 1. The number of nitrogens with zero attached hydrogens (tertiary/aromatic N) is 1. The van der Waals surface area contributed by atoms with Gasteiger partial charge in [-0.15, -0.1) is 22.7 Å². The summed E-state index contributed by atoms with van der Waals surface area (Å²) >= 11 is 6.20. The monoisotopic (exact) mass is 344 g/mol. The number of carbonyl (C=O) groups is 1. The van der Waals surface area contributed by atoms with Gasteiger partial charge in [0.25, 0.3) is 5.91 Å². The van der Waals surface area contributed by atoms with E-state index in [1.165, 1.54) is 22.7 Å². The van der Waals surface area contributed by atoms with E-state index in [-0.39, 0.29) is 11.3 Å². The predicted molar refractivity (Wildman–Crippen MR) is 80.8 cm³/mol. The quantitative estimate of drug-likeness (QED) is 0.870. The Hall–Kier alpha value is -0.720. The largest absolute Gasteiger partial charge is 0.297 e. The van der Waals surface area contributed by atoms with Crippen LogP contribution in [0.3, 0.4) is 0 Å². The first kappa shape index (κ1) is 13.7. The number of aromatic nitrogens is 1. The number of hydrogen-bond acceptors (Lipinski definition) is 4. The lowest BCUT2D eigenvalue weighted by molar-refractivity contribution is 0.103. The highest BCUT2D eigenvalue weighted by Crippen LogP contribution is 2.27. The van der Waals surface area contributed by atoms with Crippen LogP contribution in [0.5, 0.6) is 0 Å². The lowest BCUT2D eigenvalue weighted by atomic mass is 9.93. The molecule has 0 saturated carbocycles. The maximum atomic E-state index is 11.9. The van der Waals surface area contributed by atoms with Gasteiger partial charge in [-0.1, -0.05) is 20.8 Å². The van der Waals surface area contributed by atoms with Crippen molar-refractivity contribution < 1.29 is 4.79 Å². The van der Waals surface area contributed by atoms with Crippen LogP contribution in [0.25, 0.3) is 0 Å². The topological polar surface area (TPSA) is 42.0 Å². The van der Waals surface area contributed by atoms with Gasteiger partial charge in [0.15, 0.2) is 5.13 Å². The Bertz CT molecular complexity index is 569. The van der Waals surface area contributed by atoms with E-state index in [0.29, 0.717) is 10.0 Å². The summed E-state index contributed by atoms with van der Waals surface area (Å²) in [5.41, 5.74) is 1.00. The molecule has 1 amide bonds. The summed E-state index contributed by atoms with van der Waals surface area (Å²) in [5.74, 6) is -0.111. The minimum Gasteiger partial charge on any atom is -0.297 e. The van der Waals surface area contributed by atoms with Gasteiger partial charge in [0.05, 0.1) is 10.6 Å². The van der Waals surface area contributed by atoms with E-state index in [0.717, 1.165) is 10.2 Å². The fourth-order valence-electron chi connectivity index (χ4n) is 1.27. The summed E-state index contributed by atoms with van der Waals surface area (Å²) < 4.78 is 0.923. The molecule has 2 aromatic rings. The first-order valence-corrected chi connectivity index (χ1v) is 7.93. The van der Waals surface area contributed by atoms with Crippen LogP contribution in [0.4, 0.5) is 5.13 Å². The summed E-state index contributed by atoms with van der Waals surface area (Å²) in [7, 11) is 0. The molecule has 0 spiro atoms. The lowest BCUT2D eigenvalue weighted by Gasteiger charge is -2.14. The van der Waals surface area contributed by atoms with E-state index >= 15 is 0 Å². The molecule has 2 rings (SSSR count). The smallest absolute Gasteiger partial charge is 0.267 e. The number of thiophene rings is 1. The van der Waals surface area contributed by atoms with Crippen molar-refractivity contribution in [2.75, 3.05) is 5.32 Å². The molecule has 0 fully saturated rings. The van der Waals surface area contributed by atoms with Crippen LogP contribution in [0.1, 0.15) is 36.1 Å². The Balaban J connectivity index is 2.10. The van der Waals surface area contributed by atoms with Gasteiger partial charge in [-0.05, 0) is 22.0 Å². The second-order valence-corrected chi connectivity index (χ2v) is 7.56. The van der Waals surface area contributed by atoms with Gasteiger partial charge in [0.2, 0.25) is 0 Å². The van der Waals surface area contributed by atoms with Crippen LogP contribution in [0, 0.1) is 0 Å². The molecular weight excluding hydrogens is 332 g/mol. The van der Waals surface area contributed by atoms with Crippen molar-refractivity contribution >= 4 is 49.6 Å². The number of nitrogens with one attached hydrogen (secondary N) is 1. The van der Waals surface area contributed by atoms with Crippen LogP contribution in [0.15, 0.2) is 21.3 Å². The fourth-order valence-corrected chi connectivity index (χ4v) is 3.52. The lowest BCUT2D eigenvalue weighted by Crippen LogP contribution is -2.13. The van der Waals surface area contributed by atoms with Gasteiger partial charge in [0.1, 0.15) is 0 Å². The number of rotatable bonds is 2. The van der Waals surface area contributed by atoms with Gasteiger partial charge in [-0.2, -0.15) is 0 Å². The number of hydrogen-bond donors (Lipinski definition) is 1. The molecule has 0 aliphatic rings. The molecule has 0 aliphatic carbocycles. The van der Waals surface area contributed by atoms with E-state index < -0.39 is 0 Å². The molecule has 0 aliphatic heterocycles. The third-order valence-electron chi connectivity index (χ3n) is 2.28. The first-order valence-electron chi connectivity index (χ1n) is 5.37. The van der Waals surface area contributed by atoms with Crippen LogP contribution in [0.2, 0.25) is 0 Å². The van der Waals surface area contributed by atoms with Crippen molar-refractivity contribution in [1.82, 2.24) is 4.98 Å². The molecule has 2 heterocycles. The Kier molecular flexibility index (Phi) is 3.89. The molecule has 0 unspecified atom stereocenters. The summed E-state index contributed by atoms with van der Waals surface area (Å²) in [5, 5.41) is 7.34. The minimum atomic E-state index is -0.111. The Morgan fingerprint density at radius 2 is 2.06 bits per heavy atom. The molecule has 96 valence electrons. The zero-order valence-electron chi connectivity index (χ0n) is 10.3. The van der Waals surface area contributed by atoms with E-state index in [2.05, 4.69) is 47.0 Å². The summed E-state index contributed by atoms with van der Waals surface area (Å²) in [6.07, 6.45) is 0. The predicted octanol–water partition coefficient (Wildman–Crippen LogP) is 4.52. The van der Waals surface area contributed by atoms with Crippen LogP contribution in [-0.2, 0) is 5.41 Å². The zero-order valence-corrected chi connectivity index (χ0v) is 13.5. The Morgan fingerprint density at radius 3 is 2.56 bits per heavy atom. The SMILES string of the molecule is CC(C)(C)c1csc(NC(=O)c2cc(Br)cs2)n1. The van der Waals surface area contributed by atoms with Crippen molar-refractivity contribution in [3.63, 3.8) is 0 Å². The normalized spacial score (nSPS) is 11.6. The zero-order chi connectivity index (χ0) is 13.3. The highest BCUT2D eigenvalue weighted by molar-refractivity contribution is 9.10. The molecule has 0 atom stereocenters. The van der Waals surface area contributed by atoms with Gasteiger partial charge < -0.3 is 0 Å². The molecule has 18 heavy (non-hydrogen) atoms. The summed E-state index contributed by atoms with van der Waals surface area (Å²) in [6.45, 7) is 6.30. The molecule has 1 N–H and O–H groups in total. The molecule has 0 radical (unpaired) electrons. The summed E-state index contributed by atoms with van der Waals surface area (Å²) in [4.78, 5) is 17.0. The minimum absolute atomic E-state index is 0.00539. The van der Waals surface area contributed by atoms with Crippen LogP contribution in [-0.4, -0.2) is 10.9 Å². The van der Waals surface area contributed by atoms with E-state index in [4.69, 9.17) is 0 Å². The highest BCUT2D eigenvalue weighted by Gasteiger charge is 2.18. The molecule has 3 nitrogen and oxygen atoms in total. The molecule has 0 bridgehead atoms. The average Bonchev–Trinajstić information content (AvgIpc) is 2.85. The Morgan fingerprint density at radius 1 is 1.33 bits per heavy atom. The fraction of sp³-hybridized carbons (Fsp3) is 0.333. The molecule has 0 saturated heterocycles. The maximum Gasteiger partial charge on any atom is 0.267 e. The van der Waals surface area contributed by atoms with Crippen molar-refractivity contribution in [2.24, 2.45) is 0 Å². The third-order valence-corrected chi connectivity index (χ3v) is 4.73. The number of halogens is 1. The van der Waals surface area contributed by atoms with E-state index in [9.17, 15) is 4.79 Å². The van der Waals surface area contributed by atoms with Crippen molar-refractivity contribution in [3.8, 4) is 0 Å². The number of amides is 1. The summed E-state index contributed by atoms with van der Waals surface area (Å²) in [6, 6.07) is 1.80. The number of thiazole rings is 1. The highest BCUT2D eigenvalue weighted by atomic mass is 79.9. The van der Waals surface area contributed by atoms with Crippen molar-refractivity contribution in [1.29, 1.82) is 0 Å². The average molecular weight is 345 g/mol. The van der Waals surface area contributed by atoms with Gasteiger partial charge in [-0.3, -0.25) is 10.1 Å². The van der Waals surface area contributed by atoms with E-state index in [1.54, 1.807) is 6.07 Å². The second kappa shape index (κ2) is 5.11. The molecule has 2 aromatic heterocycles. The van der Waals surface area contributed by atoms with Crippen LogP contribution < -0.4 is 5.32 Å². The molecule has 0 aromatic carbocycles. The first-order chi connectivity index (χ1) is 8.36. The Labute approximate surface area is 122 Å². The third kappa shape index (κ3) is 3.18. The van der Waals surface area contributed by atoms with E-state index in [1.807, 2.05) is 10.8 Å². The standard InChI is InChI=1S/C12H13BrN2OS2/c1-12(2,3)9-6-18-11(14-9)15-10(16)8-4-7(13)5-17-8/h4-6H,1-3H3,(H,14,15,16). The van der Waals surface area contributed by atoms with Crippen molar-refractivity contribution in [2.45, 2.75) is 26.2 Å². The van der Waals surface area contributed by atoms with Crippen LogP contribution >= 0.6 is 38.6 Å². The molecule has 6 heteroatoms. The maximum absolute atomic E-state index is 11.9. The van der Waals surface area contributed by atoms with Crippen molar-refractivity contribution in [3.05, 3.63) is 31.9 Å². The van der Waals surface area contributed by atoms with Gasteiger partial charge >= 0.3 is 0 Å². The number of carbonyl (C=O) groups excluding carboxylic acids is 1. The van der Waals surface area contributed by atoms with Gasteiger partial charge in [0, 0.05) is 20.6 Å².